The number of nitrogens with two attached hydrogens (primary N) is 1. The van der Waals surface area contributed by atoms with Gasteiger partial charge in [0.15, 0.2) is 0 Å². The quantitative estimate of drug-likeness (QED) is 0.567. The summed E-state index contributed by atoms with van der Waals surface area (Å²) in [4.78, 5) is 0. The highest BCUT2D eigenvalue weighted by Gasteiger charge is 1.57. The van der Waals surface area contributed by atoms with Crippen LogP contribution in [0.25, 0.3) is 0 Å². The molecule has 2 heteroatoms. The minimum Gasteiger partial charge on any atom is -0.404 e. The largest absolute Gasteiger partial charge is 0.404 e. The van der Waals surface area contributed by atoms with Crippen LogP contribution in [0.4, 0.5) is 0 Å². The Hall–Kier alpha value is -0.370. The van der Waals surface area contributed by atoms with E-state index in [9.17, 15) is 0 Å². The van der Waals surface area contributed by atoms with Crippen LogP contribution in [0.15, 0.2) is 23.6 Å². The van der Waals surface area contributed by atoms with E-state index in [4.69, 9.17) is 5.73 Å². The number of rotatable bonds is 2. The van der Waals surface area contributed by atoms with Gasteiger partial charge >= 0.3 is 0 Å². The van der Waals surface area contributed by atoms with Crippen LogP contribution in [-0.2, 0) is 0 Å². The van der Waals surface area contributed by atoms with Crippen molar-refractivity contribution in [3.63, 3.8) is 0 Å². The van der Waals surface area contributed by atoms with Gasteiger partial charge in [-0.15, -0.1) is 11.8 Å². The lowest BCUT2D eigenvalue weighted by atomic mass is 11.1. The Balaban J connectivity index is 2.85. The molecule has 0 radical (unpaired) electrons. The molecule has 0 heterocycles. The van der Waals surface area contributed by atoms with Gasteiger partial charge in [0.05, 0.1) is 0 Å². The van der Waals surface area contributed by atoms with Crippen LogP contribution in [-0.4, -0.2) is 0 Å². The molecule has 0 aromatic rings. The van der Waals surface area contributed by atoms with E-state index < -0.39 is 0 Å². The first-order valence-corrected chi connectivity index (χ1v) is 2.49. The van der Waals surface area contributed by atoms with Crippen molar-refractivity contribution in [3.8, 4) is 0 Å². The average Bonchev–Trinajstić information content (AvgIpc) is 1.61. The van der Waals surface area contributed by atoms with Crippen molar-refractivity contribution in [2.75, 3.05) is 0 Å². The van der Waals surface area contributed by atoms with E-state index >= 15 is 0 Å². The summed E-state index contributed by atoms with van der Waals surface area (Å²) in [6.07, 6.45) is 1.48. The van der Waals surface area contributed by atoms with Crippen LogP contribution in [0.5, 0.6) is 0 Å². The number of thioether (sulfide) groups is 1. The molecular weight excluding hydrogens is 94.1 g/mol. The molecule has 0 aromatic heterocycles. The molecule has 0 amide bonds. The second-order valence-corrected chi connectivity index (χ2v) is 1.51. The molecule has 0 rings (SSSR count). The predicted octanol–water partition coefficient (Wildman–Crippen LogP) is 1.29. The van der Waals surface area contributed by atoms with Gasteiger partial charge in [-0.3, -0.25) is 0 Å². The third-order valence-electron chi connectivity index (χ3n) is 0.253. The molecule has 6 heavy (non-hydrogen) atoms. The molecule has 0 atom stereocenters. The van der Waals surface area contributed by atoms with Gasteiger partial charge in [-0.2, -0.15) is 0 Å². The molecule has 0 aliphatic rings. The van der Waals surface area contributed by atoms with E-state index in [1.165, 1.54) is 18.0 Å². The fourth-order valence-electron chi connectivity index (χ4n) is 0.101. The molecule has 2 N–H and O–H groups in total. The summed E-state index contributed by atoms with van der Waals surface area (Å²) in [6, 6.07) is 0. The lowest BCUT2D eigenvalue weighted by Crippen LogP contribution is -1.70. The van der Waals surface area contributed by atoms with Gasteiger partial charge in [-0.05, 0) is 10.8 Å². The van der Waals surface area contributed by atoms with E-state index in [-0.39, 0.29) is 0 Å². The maximum Gasteiger partial charge on any atom is 0.000522 e. The maximum absolute atomic E-state index is 4.97. The molecule has 0 saturated carbocycles. The standard InChI is InChI=1S/C4H7NS/c1-2-6-4-3-5/h2-4H,1,5H2/b4-3-. The second kappa shape index (κ2) is 4.63. The van der Waals surface area contributed by atoms with Crippen molar-refractivity contribution < 1.29 is 0 Å². The molecule has 0 aliphatic carbocycles. The fraction of sp³-hybridized carbons (Fsp3) is 0. The lowest BCUT2D eigenvalue weighted by molar-refractivity contribution is 1.63. The minimum atomic E-state index is 1.47. The first kappa shape index (κ1) is 5.63. The Morgan fingerprint density at radius 1 is 1.67 bits per heavy atom. The van der Waals surface area contributed by atoms with Gasteiger partial charge in [0.25, 0.3) is 0 Å². The van der Waals surface area contributed by atoms with Crippen molar-refractivity contribution in [2.24, 2.45) is 5.73 Å². The Morgan fingerprint density at radius 2 is 2.33 bits per heavy atom. The Morgan fingerprint density at radius 3 is 2.50 bits per heavy atom. The van der Waals surface area contributed by atoms with Crippen LogP contribution in [0.1, 0.15) is 0 Å². The molecular formula is C4H7NS. The van der Waals surface area contributed by atoms with E-state index in [2.05, 4.69) is 6.58 Å². The molecule has 0 spiro atoms. The van der Waals surface area contributed by atoms with Crippen LogP contribution in [0.2, 0.25) is 0 Å². The summed E-state index contributed by atoms with van der Waals surface area (Å²) in [7, 11) is 0. The zero-order valence-electron chi connectivity index (χ0n) is 3.42. The SMILES string of the molecule is C=CS/C=C\N. The van der Waals surface area contributed by atoms with Crippen molar-refractivity contribution >= 4 is 11.8 Å². The normalized spacial score (nSPS) is 9.33. The minimum absolute atomic E-state index is 1.47. The monoisotopic (exact) mass is 101 g/mol. The van der Waals surface area contributed by atoms with Crippen molar-refractivity contribution in [1.82, 2.24) is 0 Å². The lowest BCUT2D eigenvalue weighted by Gasteiger charge is -1.70. The highest BCUT2D eigenvalue weighted by atomic mass is 32.2. The number of hydrogen-bond acceptors (Lipinski definition) is 2. The Bertz CT molecular complexity index is 58.6. The summed E-state index contributed by atoms with van der Waals surface area (Å²) in [5.74, 6) is 0. The second-order valence-electron chi connectivity index (χ2n) is 0.631. The third-order valence-corrected chi connectivity index (χ3v) is 0.760. The van der Waals surface area contributed by atoms with E-state index in [1.54, 1.807) is 10.8 Å². The van der Waals surface area contributed by atoms with E-state index in [1.807, 2.05) is 0 Å². The van der Waals surface area contributed by atoms with E-state index in [0.29, 0.717) is 0 Å². The van der Waals surface area contributed by atoms with E-state index in [0.717, 1.165) is 0 Å². The van der Waals surface area contributed by atoms with Gasteiger partial charge in [0, 0.05) is 6.20 Å². The molecule has 0 unspecified atom stereocenters. The topological polar surface area (TPSA) is 26.0 Å². The zero-order valence-corrected chi connectivity index (χ0v) is 4.24. The van der Waals surface area contributed by atoms with Crippen LogP contribution < -0.4 is 5.73 Å². The maximum atomic E-state index is 4.97. The molecule has 1 nitrogen and oxygen atoms in total. The van der Waals surface area contributed by atoms with Gasteiger partial charge in [0.1, 0.15) is 0 Å². The van der Waals surface area contributed by atoms with Gasteiger partial charge in [-0.25, -0.2) is 0 Å². The van der Waals surface area contributed by atoms with Gasteiger partial charge in [-0.1, -0.05) is 6.58 Å². The predicted molar refractivity (Wildman–Crippen MR) is 31.1 cm³/mol. The fourth-order valence-corrected chi connectivity index (χ4v) is 0.303. The molecule has 0 saturated heterocycles. The summed E-state index contributed by atoms with van der Waals surface area (Å²) in [6.45, 7) is 3.45. The van der Waals surface area contributed by atoms with Crippen LogP contribution in [0.3, 0.4) is 0 Å². The summed E-state index contributed by atoms with van der Waals surface area (Å²) in [5, 5.41) is 3.47. The smallest absolute Gasteiger partial charge is 0.000522 e. The molecule has 0 bridgehead atoms. The number of hydrogen-bond donors (Lipinski definition) is 1. The molecule has 0 fully saturated rings. The molecule has 34 valence electrons. The summed E-state index contributed by atoms with van der Waals surface area (Å²) < 4.78 is 0. The van der Waals surface area contributed by atoms with Crippen LogP contribution in [0, 0.1) is 0 Å². The van der Waals surface area contributed by atoms with Crippen molar-refractivity contribution in [3.05, 3.63) is 23.6 Å². The highest BCUT2D eigenvalue weighted by Crippen LogP contribution is 1.97. The highest BCUT2D eigenvalue weighted by molar-refractivity contribution is 8.04. The first-order valence-electron chi connectivity index (χ1n) is 1.55. The first-order chi connectivity index (χ1) is 2.91. The Labute approximate surface area is 41.9 Å². The molecule has 0 aliphatic heterocycles. The molecule has 0 aromatic carbocycles. The van der Waals surface area contributed by atoms with Gasteiger partial charge in [0.2, 0.25) is 0 Å². The van der Waals surface area contributed by atoms with Gasteiger partial charge < -0.3 is 5.73 Å². The average molecular weight is 101 g/mol. The van der Waals surface area contributed by atoms with Crippen molar-refractivity contribution in [1.29, 1.82) is 0 Å². The van der Waals surface area contributed by atoms with Crippen LogP contribution >= 0.6 is 11.8 Å². The van der Waals surface area contributed by atoms with Crippen molar-refractivity contribution in [2.45, 2.75) is 0 Å². The summed E-state index contributed by atoms with van der Waals surface area (Å²) in [5.41, 5.74) is 4.97. The summed E-state index contributed by atoms with van der Waals surface area (Å²) >= 11 is 1.47. The third kappa shape index (κ3) is 3.63. The zero-order chi connectivity index (χ0) is 4.83. The Kier molecular flexibility index (Phi) is 4.34.